The van der Waals surface area contributed by atoms with Gasteiger partial charge in [-0.1, -0.05) is 5.16 Å². The topological polar surface area (TPSA) is 103 Å². The number of carbonyl (C=O) groups excluding carboxylic acids is 1. The molecule has 0 fully saturated rings. The van der Waals surface area contributed by atoms with Crippen molar-refractivity contribution in [2.24, 2.45) is 5.73 Å². The van der Waals surface area contributed by atoms with Gasteiger partial charge in [-0.25, -0.2) is 0 Å². The van der Waals surface area contributed by atoms with E-state index in [2.05, 4.69) is 15.5 Å². The number of nitrogens with zero attached hydrogens (tertiary/aromatic N) is 2. The SMILES string of the molecule is CNC(=O)c1noc(C(N)COC)n1. The molecule has 0 aliphatic rings. The standard InChI is InChI=1S/C7H12N4O3/c1-9-6(12)5-10-7(14-11-5)4(8)3-13-2/h4H,3,8H2,1-2H3,(H,9,12). The van der Waals surface area contributed by atoms with Crippen LogP contribution in [0.15, 0.2) is 4.52 Å². The number of nitrogens with two attached hydrogens (primary N) is 1. The van der Waals surface area contributed by atoms with Gasteiger partial charge in [-0.05, 0) is 0 Å². The van der Waals surface area contributed by atoms with Gasteiger partial charge in [-0.2, -0.15) is 4.98 Å². The summed E-state index contributed by atoms with van der Waals surface area (Å²) >= 11 is 0. The Bertz CT molecular complexity index is 312. The highest BCUT2D eigenvalue weighted by Gasteiger charge is 2.17. The Hall–Kier alpha value is -1.47. The molecule has 1 rings (SSSR count). The molecule has 1 aromatic rings. The highest BCUT2D eigenvalue weighted by molar-refractivity contribution is 5.89. The van der Waals surface area contributed by atoms with Crippen LogP contribution >= 0.6 is 0 Å². The summed E-state index contributed by atoms with van der Waals surface area (Å²) in [6.45, 7) is 0.259. The minimum Gasteiger partial charge on any atom is -0.383 e. The van der Waals surface area contributed by atoms with E-state index in [1.807, 2.05) is 0 Å². The third-order valence-corrected chi connectivity index (χ3v) is 1.54. The van der Waals surface area contributed by atoms with E-state index < -0.39 is 11.9 Å². The molecule has 0 aliphatic heterocycles. The molecule has 1 amide bonds. The summed E-state index contributed by atoms with van der Waals surface area (Å²) in [6.07, 6.45) is 0. The maximum atomic E-state index is 11.0. The molecule has 0 saturated heterocycles. The van der Waals surface area contributed by atoms with Crippen molar-refractivity contribution in [1.29, 1.82) is 0 Å². The van der Waals surface area contributed by atoms with Gasteiger partial charge in [0.1, 0.15) is 6.04 Å². The van der Waals surface area contributed by atoms with Crippen LogP contribution in [0, 0.1) is 0 Å². The summed E-state index contributed by atoms with van der Waals surface area (Å²) in [4.78, 5) is 14.8. The molecular formula is C7H12N4O3. The predicted molar refractivity (Wildman–Crippen MR) is 46.5 cm³/mol. The van der Waals surface area contributed by atoms with Gasteiger partial charge in [0.05, 0.1) is 6.61 Å². The third-order valence-electron chi connectivity index (χ3n) is 1.54. The maximum Gasteiger partial charge on any atom is 0.292 e. The zero-order valence-corrected chi connectivity index (χ0v) is 7.98. The van der Waals surface area contributed by atoms with Crippen LogP contribution in [0.2, 0.25) is 0 Å². The Morgan fingerprint density at radius 3 is 3.07 bits per heavy atom. The molecule has 78 valence electrons. The minimum atomic E-state index is -0.508. The number of amides is 1. The van der Waals surface area contributed by atoms with Crippen LogP contribution in [-0.4, -0.2) is 36.8 Å². The summed E-state index contributed by atoms with van der Waals surface area (Å²) in [6, 6.07) is -0.508. The Balaban J connectivity index is 2.72. The van der Waals surface area contributed by atoms with Gasteiger partial charge in [-0.3, -0.25) is 4.79 Å². The number of carbonyl (C=O) groups is 1. The molecule has 1 atom stereocenters. The highest BCUT2D eigenvalue weighted by atomic mass is 16.5. The van der Waals surface area contributed by atoms with Gasteiger partial charge in [0.15, 0.2) is 0 Å². The summed E-state index contributed by atoms with van der Waals surface area (Å²) in [5, 5.41) is 5.83. The van der Waals surface area contributed by atoms with Gasteiger partial charge in [-0.15, -0.1) is 0 Å². The van der Waals surface area contributed by atoms with Crippen LogP contribution in [0.4, 0.5) is 0 Å². The largest absolute Gasteiger partial charge is 0.383 e. The van der Waals surface area contributed by atoms with Gasteiger partial charge in [0, 0.05) is 14.2 Å². The zero-order valence-electron chi connectivity index (χ0n) is 7.98. The number of ether oxygens (including phenoxy) is 1. The van der Waals surface area contributed by atoms with Crippen LogP contribution in [0.5, 0.6) is 0 Å². The number of hydrogen-bond donors (Lipinski definition) is 2. The number of rotatable bonds is 4. The van der Waals surface area contributed by atoms with E-state index in [4.69, 9.17) is 15.0 Å². The molecule has 0 saturated carbocycles. The van der Waals surface area contributed by atoms with E-state index in [1.165, 1.54) is 14.2 Å². The Morgan fingerprint density at radius 2 is 2.50 bits per heavy atom. The van der Waals surface area contributed by atoms with Crippen molar-refractivity contribution < 1.29 is 14.1 Å². The molecule has 0 aliphatic carbocycles. The summed E-state index contributed by atoms with van der Waals surface area (Å²) in [7, 11) is 2.99. The van der Waals surface area contributed by atoms with Crippen LogP contribution < -0.4 is 11.1 Å². The van der Waals surface area contributed by atoms with E-state index in [0.29, 0.717) is 0 Å². The second kappa shape index (κ2) is 4.68. The number of aromatic nitrogens is 2. The molecule has 0 radical (unpaired) electrons. The zero-order chi connectivity index (χ0) is 10.6. The fourth-order valence-corrected chi connectivity index (χ4v) is 0.841. The number of hydrogen-bond acceptors (Lipinski definition) is 6. The lowest BCUT2D eigenvalue weighted by atomic mass is 10.3. The normalized spacial score (nSPS) is 12.5. The van der Waals surface area contributed by atoms with Gasteiger partial charge >= 0.3 is 0 Å². The molecule has 1 heterocycles. The first-order valence-corrected chi connectivity index (χ1v) is 3.99. The Morgan fingerprint density at radius 1 is 1.79 bits per heavy atom. The van der Waals surface area contributed by atoms with E-state index in [0.717, 1.165) is 0 Å². The minimum absolute atomic E-state index is 0.0333. The van der Waals surface area contributed by atoms with Crippen LogP contribution in [-0.2, 0) is 4.74 Å². The first-order valence-electron chi connectivity index (χ1n) is 3.99. The first-order chi connectivity index (χ1) is 6.69. The number of nitrogens with one attached hydrogen (secondary N) is 1. The van der Waals surface area contributed by atoms with Crippen molar-refractivity contribution in [1.82, 2.24) is 15.5 Å². The summed E-state index contributed by atoms with van der Waals surface area (Å²) in [5.41, 5.74) is 5.61. The predicted octanol–water partition coefficient (Wildman–Crippen LogP) is -0.925. The van der Waals surface area contributed by atoms with Crippen molar-refractivity contribution in [2.75, 3.05) is 20.8 Å². The fourth-order valence-electron chi connectivity index (χ4n) is 0.841. The monoisotopic (exact) mass is 200 g/mol. The summed E-state index contributed by atoms with van der Waals surface area (Å²) < 4.78 is 9.58. The lowest BCUT2D eigenvalue weighted by Crippen LogP contribution is -2.20. The Labute approximate surface area is 80.6 Å². The smallest absolute Gasteiger partial charge is 0.292 e. The lowest BCUT2D eigenvalue weighted by molar-refractivity contribution is 0.0950. The van der Waals surface area contributed by atoms with Gasteiger partial charge < -0.3 is 20.3 Å². The number of methoxy groups -OCH3 is 1. The van der Waals surface area contributed by atoms with Crippen LogP contribution in [0.1, 0.15) is 22.6 Å². The molecule has 1 unspecified atom stereocenters. The average molecular weight is 200 g/mol. The van der Waals surface area contributed by atoms with Crippen LogP contribution in [0.25, 0.3) is 0 Å². The molecule has 7 nitrogen and oxygen atoms in total. The molecule has 1 aromatic heterocycles. The molecule has 14 heavy (non-hydrogen) atoms. The molecule has 0 bridgehead atoms. The van der Waals surface area contributed by atoms with Crippen molar-refractivity contribution in [2.45, 2.75) is 6.04 Å². The van der Waals surface area contributed by atoms with E-state index in [1.54, 1.807) is 0 Å². The van der Waals surface area contributed by atoms with E-state index in [9.17, 15) is 4.79 Å². The molecular weight excluding hydrogens is 188 g/mol. The second-order valence-electron chi connectivity index (χ2n) is 2.60. The fraction of sp³-hybridized carbons (Fsp3) is 0.571. The van der Waals surface area contributed by atoms with Gasteiger partial charge in [0.2, 0.25) is 5.89 Å². The average Bonchev–Trinajstić information content (AvgIpc) is 2.66. The van der Waals surface area contributed by atoms with Gasteiger partial charge in [0.25, 0.3) is 11.7 Å². The lowest BCUT2D eigenvalue weighted by Gasteiger charge is -2.02. The second-order valence-corrected chi connectivity index (χ2v) is 2.60. The quantitative estimate of drug-likeness (QED) is 0.651. The van der Waals surface area contributed by atoms with Crippen molar-refractivity contribution in [3.05, 3.63) is 11.7 Å². The maximum absolute atomic E-state index is 11.0. The van der Waals surface area contributed by atoms with E-state index >= 15 is 0 Å². The molecule has 0 spiro atoms. The highest BCUT2D eigenvalue weighted by Crippen LogP contribution is 2.07. The van der Waals surface area contributed by atoms with Crippen molar-refractivity contribution in [3.63, 3.8) is 0 Å². The van der Waals surface area contributed by atoms with Crippen molar-refractivity contribution in [3.8, 4) is 0 Å². The Kier molecular flexibility index (Phi) is 3.55. The summed E-state index contributed by atoms with van der Waals surface area (Å²) in [5.74, 6) is -0.260. The van der Waals surface area contributed by atoms with Crippen LogP contribution in [0.3, 0.4) is 0 Å². The first kappa shape index (κ1) is 10.6. The van der Waals surface area contributed by atoms with E-state index in [-0.39, 0.29) is 18.3 Å². The van der Waals surface area contributed by atoms with Crippen molar-refractivity contribution >= 4 is 5.91 Å². The molecule has 0 aromatic carbocycles. The third kappa shape index (κ3) is 2.27. The molecule has 7 heteroatoms. The molecule has 3 N–H and O–H groups in total.